The van der Waals surface area contributed by atoms with E-state index in [-0.39, 0.29) is 0 Å². The molecule has 1 heterocycles. The molecule has 4 rings (SSSR count). The highest BCUT2D eigenvalue weighted by molar-refractivity contribution is 5.81. The summed E-state index contributed by atoms with van der Waals surface area (Å²) in [6, 6.07) is 28.9. The molecule has 0 aliphatic rings. The highest BCUT2D eigenvalue weighted by Crippen LogP contribution is 2.28. The molecule has 0 spiro atoms. The van der Waals surface area contributed by atoms with Crippen molar-refractivity contribution in [3.8, 4) is 11.3 Å². The van der Waals surface area contributed by atoms with Gasteiger partial charge in [-0.3, -0.25) is 0 Å². The zero-order chi connectivity index (χ0) is 20.1. The molecule has 144 valence electrons. The minimum Gasteiger partial charge on any atom is -0.339 e. The van der Waals surface area contributed by atoms with Crippen LogP contribution in [0.15, 0.2) is 91.5 Å². The molecule has 0 atom stereocenters. The summed E-state index contributed by atoms with van der Waals surface area (Å²) < 4.78 is 1.93. The maximum atomic E-state index is 4.48. The van der Waals surface area contributed by atoms with Gasteiger partial charge in [0.15, 0.2) is 5.82 Å². The Morgan fingerprint density at radius 2 is 1.55 bits per heavy atom. The highest BCUT2D eigenvalue weighted by Gasteiger charge is 2.16. The summed E-state index contributed by atoms with van der Waals surface area (Å²) in [7, 11) is 0. The number of nitrogens with zero attached hydrogens (tertiary/aromatic N) is 3. The molecule has 0 saturated heterocycles. The summed E-state index contributed by atoms with van der Waals surface area (Å²) in [5.41, 5.74) is 6.21. The van der Waals surface area contributed by atoms with Crippen LogP contribution in [0.5, 0.6) is 0 Å². The SMILES string of the molecule is C=C(Nc1c(-c2ccc(C)cc2)nnn1CCc1ccccc1)c1ccccc1. The van der Waals surface area contributed by atoms with Crippen molar-refractivity contribution in [3.63, 3.8) is 0 Å². The number of benzene rings is 3. The van der Waals surface area contributed by atoms with Gasteiger partial charge in [-0.15, -0.1) is 5.10 Å². The van der Waals surface area contributed by atoms with E-state index in [9.17, 15) is 0 Å². The molecule has 0 unspecified atom stereocenters. The zero-order valence-electron chi connectivity index (χ0n) is 16.5. The molecule has 1 aromatic heterocycles. The molecule has 0 aliphatic carbocycles. The molecule has 0 bridgehead atoms. The molecule has 0 saturated carbocycles. The standard InChI is InChI=1S/C25H24N4/c1-19-13-15-23(16-14-19)24-25(26-20(2)22-11-7-4-8-12-22)29(28-27-24)18-17-21-9-5-3-6-10-21/h3-16,26H,2,17-18H2,1H3. The van der Waals surface area contributed by atoms with E-state index in [1.165, 1.54) is 11.1 Å². The Balaban J connectivity index is 1.65. The molecule has 1 N–H and O–H groups in total. The second kappa shape index (κ2) is 8.57. The Bertz CT molecular complexity index is 1080. The van der Waals surface area contributed by atoms with Gasteiger partial charge in [0.25, 0.3) is 0 Å². The van der Waals surface area contributed by atoms with E-state index in [2.05, 4.69) is 77.7 Å². The van der Waals surface area contributed by atoms with Crippen LogP contribution in [0, 0.1) is 6.92 Å². The van der Waals surface area contributed by atoms with Crippen molar-refractivity contribution < 1.29 is 0 Å². The summed E-state index contributed by atoms with van der Waals surface area (Å²) in [5.74, 6) is 0.860. The Labute approximate surface area is 171 Å². The van der Waals surface area contributed by atoms with Crippen molar-refractivity contribution >= 4 is 11.5 Å². The number of hydrogen-bond acceptors (Lipinski definition) is 3. The van der Waals surface area contributed by atoms with Crippen molar-refractivity contribution in [2.45, 2.75) is 19.9 Å². The van der Waals surface area contributed by atoms with Crippen molar-refractivity contribution in [1.29, 1.82) is 0 Å². The van der Waals surface area contributed by atoms with Crippen LogP contribution < -0.4 is 5.32 Å². The van der Waals surface area contributed by atoms with E-state index in [1.54, 1.807) is 0 Å². The third-order valence-electron chi connectivity index (χ3n) is 4.91. The van der Waals surface area contributed by atoms with Crippen molar-refractivity contribution in [1.82, 2.24) is 15.0 Å². The lowest BCUT2D eigenvalue weighted by atomic mass is 10.1. The molecule has 3 aromatic carbocycles. The lowest BCUT2D eigenvalue weighted by Gasteiger charge is -2.13. The number of hydrogen-bond donors (Lipinski definition) is 1. The first kappa shape index (κ1) is 18.7. The monoisotopic (exact) mass is 380 g/mol. The third-order valence-corrected chi connectivity index (χ3v) is 4.91. The summed E-state index contributed by atoms with van der Waals surface area (Å²) in [4.78, 5) is 0. The minimum absolute atomic E-state index is 0.729. The maximum Gasteiger partial charge on any atom is 0.157 e. The van der Waals surface area contributed by atoms with E-state index in [4.69, 9.17) is 0 Å². The first-order valence-electron chi connectivity index (χ1n) is 9.76. The fourth-order valence-corrected chi connectivity index (χ4v) is 3.23. The van der Waals surface area contributed by atoms with Gasteiger partial charge in [-0.05, 0) is 24.5 Å². The normalized spacial score (nSPS) is 10.7. The van der Waals surface area contributed by atoms with Crippen LogP contribution in [0.25, 0.3) is 17.0 Å². The van der Waals surface area contributed by atoms with Crippen LogP contribution in [0.2, 0.25) is 0 Å². The van der Waals surface area contributed by atoms with Gasteiger partial charge >= 0.3 is 0 Å². The molecule has 4 nitrogen and oxygen atoms in total. The van der Waals surface area contributed by atoms with E-state index in [0.29, 0.717) is 0 Å². The van der Waals surface area contributed by atoms with Gasteiger partial charge in [0, 0.05) is 17.8 Å². The predicted octanol–water partition coefficient (Wildman–Crippen LogP) is 5.58. The topological polar surface area (TPSA) is 42.7 Å². The summed E-state index contributed by atoms with van der Waals surface area (Å²) >= 11 is 0. The summed E-state index contributed by atoms with van der Waals surface area (Å²) in [5, 5.41) is 12.4. The first-order chi connectivity index (χ1) is 14.2. The van der Waals surface area contributed by atoms with Crippen LogP contribution in [0.4, 0.5) is 5.82 Å². The lowest BCUT2D eigenvalue weighted by Crippen LogP contribution is -2.09. The molecule has 0 aliphatic heterocycles. The average molecular weight is 380 g/mol. The second-order valence-electron chi connectivity index (χ2n) is 7.08. The molecule has 0 radical (unpaired) electrons. The molecule has 0 amide bonds. The fourth-order valence-electron chi connectivity index (χ4n) is 3.23. The molecular formula is C25H24N4. The van der Waals surface area contributed by atoms with Crippen molar-refractivity contribution in [2.75, 3.05) is 5.32 Å². The van der Waals surface area contributed by atoms with Gasteiger partial charge in [-0.1, -0.05) is 102 Å². The maximum absolute atomic E-state index is 4.48. The van der Waals surface area contributed by atoms with Gasteiger partial charge in [-0.2, -0.15) is 0 Å². The van der Waals surface area contributed by atoms with Gasteiger partial charge in [0.2, 0.25) is 0 Å². The lowest BCUT2D eigenvalue weighted by molar-refractivity contribution is 0.596. The molecule has 4 aromatic rings. The summed E-state index contributed by atoms with van der Waals surface area (Å²) in [6.45, 7) is 7.04. The van der Waals surface area contributed by atoms with Crippen molar-refractivity contribution in [3.05, 3.63) is 108 Å². The zero-order valence-corrected chi connectivity index (χ0v) is 16.5. The van der Waals surface area contributed by atoms with Crippen molar-refractivity contribution in [2.24, 2.45) is 0 Å². The number of rotatable bonds is 7. The number of aromatic nitrogens is 3. The van der Waals surface area contributed by atoms with Crippen LogP contribution in [-0.2, 0) is 13.0 Å². The molecule has 4 heteroatoms. The van der Waals surface area contributed by atoms with Gasteiger partial charge in [-0.25, -0.2) is 4.68 Å². The molecular weight excluding hydrogens is 356 g/mol. The third kappa shape index (κ3) is 4.43. The van der Waals surface area contributed by atoms with Crippen LogP contribution in [0.1, 0.15) is 16.7 Å². The summed E-state index contributed by atoms with van der Waals surface area (Å²) in [6.07, 6.45) is 0.879. The first-order valence-corrected chi connectivity index (χ1v) is 9.76. The largest absolute Gasteiger partial charge is 0.339 e. The number of nitrogens with one attached hydrogen (secondary N) is 1. The van der Waals surface area contributed by atoms with Crippen LogP contribution in [-0.4, -0.2) is 15.0 Å². The van der Waals surface area contributed by atoms with E-state index in [0.717, 1.165) is 41.3 Å². The highest BCUT2D eigenvalue weighted by atomic mass is 15.5. The Morgan fingerprint density at radius 3 is 2.24 bits per heavy atom. The smallest absolute Gasteiger partial charge is 0.157 e. The van der Waals surface area contributed by atoms with Gasteiger partial charge in [0.05, 0.1) is 0 Å². The minimum atomic E-state index is 0.729. The number of anilines is 1. The Morgan fingerprint density at radius 1 is 0.897 bits per heavy atom. The Kier molecular flexibility index (Phi) is 5.52. The van der Waals surface area contributed by atoms with Gasteiger partial charge < -0.3 is 5.32 Å². The van der Waals surface area contributed by atoms with E-state index < -0.39 is 0 Å². The Hall–Kier alpha value is -3.66. The second-order valence-corrected chi connectivity index (χ2v) is 7.08. The van der Waals surface area contributed by atoms with Crippen LogP contribution >= 0.6 is 0 Å². The molecule has 29 heavy (non-hydrogen) atoms. The van der Waals surface area contributed by atoms with E-state index >= 15 is 0 Å². The quantitative estimate of drug-likeness (QED) is 0.455. The fraction of sp³-hybridized carbons (Fsp3) is 0.120. The van der Waals surface area contributed by atoms with Gasteiger partial charge in [0.1, 0.15) is 5.69 Å². The average Bonchev–Trinajstić information content (AvgIpc) is 3.16. The van der Waals surface area contributed by atoms with E-state index in [1.807, 2.05) is 41.1 Å². The number of aryl methyl sites for hydroxylation is 3. The molecule has 0 fully saturated rings. The predicted molar refractivity (Wildman–Crippen MR) is 119 cm³/mol. The van der Waals surface area contributed by atoms with Crippen LogP contribution in [0.3, 0.4) is 0 Å².